The molecule has 9 heteroatoms. The van der Waals surface area contributed by atoms with Crippen molar-refractivity contribution >= 4 is 15.9 Å². The number of sulfonamides is 1. The Balaban J connectivity index is 1.57. The normalized spacial score (nSPS) is 19.7. The molecule has 8 nitrogen and oxygen atoms in total. The first-order valence-corrected chi connectivity index (χ1v) is 13.0. The van der Waals surface area contributed by atoms with Crippen molar-refractivity contribution < 1.29 is 17.7 Å². The molecule has 0 unspecified atom stereocenters. The van der Waals surface area contributed by atoms with E-state index in [2.05, 4.69) is 15.5 Å². The number of nitrogens with one attached hydrogen (secondary N) is 1. The Kier molecular flexibility index (Phi) is 6.67. The number of nitrogens with zero attached hydrogens (tertiary/aromatic N) is 3. The van der Waals surface area contributed by atoms with Gasteiger partial charge in [-0.1, -0.05) is 49.7 Å². The van der Waals surface area contributed by atoms with E-state index in [0.29, 0.717) is 17.3 Å². The molecule has 174 valence electrons. The highest BCUT2D eigenvalue weighted by Crippen LogP contribution is 2.36. The summed E-state index contributed by atoms with van der Waals surface area (Å²) in [4.78, 5) is 17.8. The average Bonchev–Trinajstić information content (AvgIpc) is 3.27. The minimum Gasteiger partial charge on any atom is -0.340 e. The number of hydrogen-bond acceptors (Lipinski definition) is 6. The van der Waals surface area contributed by atoms with Gasteiger partial charge in [0.15, 0.2) is 5.82 Å². The SMILES string of the molecule is Cc1nc(C2(NC(=O)c3cccc(S(=O)(=O)N(C)C4CCCCC4)c3)CCCCC2)no1. The van der Waals surface area contributed by atoms with E-state index in [-0.39, 0.29) is 16.8 Å². The third kappa shape index (κ3) is 4.59. The van der Waals surface area contributed by atoms with Crippen molar-refractivity contribution in [2.75, 3.05) is 7.05 Å². The Labute approximate surface area is 189 Å². The van der Waals surface area contributed by atoms with Crippen LogP contribution in [0.25, 0.3) is 0 Å². The molecule has 2 aliphatic rings. The number of amides is 1. The summed E-state index contributed by atoms with van der Waals surface area (Å²) in [7, 11) is -2.03. The number of aromatic nitrogens is 2. The Morgan fingerprint density at radius 1 is 1.12 bits per heavy atom. The molecule has 2 aliphatic carbocycles. The number of rotatable bonds is 6. The van der Waals surface area contributed by atoms with Crippen LogP contribution in [0.2, 0.25) is 0 Å². The maximum absolute atomic E-state index is 13.2. The second-order valence-electron chi connectivity index (χ2n) is 9.07. The third-order valence-electron chi connectivity index (χ3n) is 6.88. The summed E-state index contributed by atoms with van der Waals surface area (Å²) in [6, 6.07) is 6.32. The summed E-state index contributed by atoms with van der Waals surface area (Å²) in [5.74, 6) is 0.619. The molecule has 0 spiro atoms. The van der Waals surface area contributed by atoms with Gasteiger partial charge in [-0.05, 0) is 43.9 Å². The van der Waals surface area contributed by atoms with Crippen molar-refractivity contribution in [1.29, 1.82) is 0 Å². The minimum atomic E-state index is -3.68. The lowest BCUT2D eigenvalue weighted by atomic mass is 9.80. The van der Waals surface area contributed by atoms with Crippen LogP contribution in [0, 0.1) is 6.92 Å². The zero-order valence-corrected chi connectivity index (χ0v) is 19.7. The molecule has 1 aromatic heterocycles. The van der Waals surface area contributed by atoms with E-state index in [1.54, 1.807) is 32.2 Å². The molecular weight excluding hydrogens is 428 g/mol. The highest BCUT2D eigenvalue weighted by Gasteiger charge is 2.40. The molecule has 2 saturated carbocycles. The van der Waals surface area contributed by atoms with E-state index < -0.39 is 15.6 Å². The zero-order valence-electron chi connectivity index (χ0n) is 18.8. The van der Waals surface area contributed by atoms with Crippen LogP contribution in [0.4, 0.5) is 0 Å². The largest absolute Gasteiger partial charge is 0.340 e. The van der Waals surface area contributed by atoms with Gasteiger partial charge in [0.05, 0.1) is 4.90 Å². The fraction of sp³-hybridized carbons (Fsp3) is 0.609. The average molecular weight is 461 g/mol. The Morgan fingerprint density at radius 2 is 1.81 bits per heavy atom. The lowest BCUT2D eigenvalue weighted by Gasteiger charge is -2.35. The quantitative estimate of drug-likeness (QED) is 0.700. The summed E-state index contributed by atoms with van der Waals surface area (Å²) >= 11 is 0. The first kappa shape index (κ1) is 22.9. The highest BCUT2D eigenvalue weighted by molar-refractivity contribution is 7.89. The van der Waals surface area contributed by atoms with E-state index in [0.717, 1.165) is 64.2 Å². The Morgan fingerprint density at radius 3 is 2.47 bits per heavy atom. The van der Waals surface area contributed by atoms with Gasteiger partial charge in [-0.2, -0.15) is 9.29 Å². The second-order valence-corrected chi connectivity index (χ2v) is 11.1. The van der Waals surface area contributed by atoms with Gasteiger partial charge in [0.25, 0.3) is 5.91 Å². The van der Waals surface area contributed by atoms with Gasteiger partial charge in [-0.25, -0.2) is 8.42 Å². The lowest BCUT2D eigenvalue weighted by molar-refractivity contribution is 0.0855. The first-order chi connectivity index (χ1) is 15.3. The van der Waals surface area contributed by atoms with E-state index in [1.807, 2.05) is 0 Å². The molecule has 1 amide bonds. The number of carbonyl (C=O) groups is 1. The van der Waals surface area contributed by atoms with Crippen LogP contribution < -0.4 is 5.32 Å². The van der Waals surface area contributed by atoms with Crippen LogP contribution >= 0.6 is 0 Å². The second kappa shape index (κ2) is 9.31. The summed E-state index contributed by atoms with van der Waals surface area (Å²) in [6.07, 6.45) is 9.45. The molecular formula is C23H32N4O4S. The van der Waals surface area contributed by atoms with Crippen molar-refractivity contribution in [3.05, 3.63) is 41.5 Å². The summed E-state index contributed by atoms with van der Waals surface area (Å²) in [5.41, 5.74) is -0.380. The third-order valence-corrected chi connectivity index (χ3v) is 8.78. The predicted molar refractivity (Wildman–Crippen MR) is 120 cm³/mol. The molecule has 0 atom stereocenters. The van der Waals surface area contributed by atoms with Crippen molar-refractivity contribution in [2.24, 2.45) is 0 Å². The number of carbonyl (C=O) groups excluding carboxylic acids is 1. The molecule has 2 fully saturated rings. The van der Waals surface area contributed by atoms with Crippen molar-refractivity contribution in [3.63, 3.8) is 0 Å². The maximum Gasteiger partial charge on any atom is 0.252 e. The van der Waals surface area contributed by atoms with Gasteiger partial charge in [-0.15, -0.1) is 0 Å². The van der Waals surface area contributed by atoms with Gasteiger partial charge in [0, 0.05) is 25.6 Å². The van der Waals surface area contributed by atoms with Crippen molar-refractivity contribution in [1.82, 2.24) is 19.8 Å². The zero-order chi connectivity index (χ0) is 22.8. The van der Waals surface area contributed by atoms with Gasteiger partial charge in [0.2, 0.25) is 15.9 Å². The predicted octanol–water partition coefficient (Wildman–Crippen LogP) is 3.92. The summed E-state index contributed by atoms with van der Waals surface area (Å²) in [5, 5.41) is 7.20. The number of aryl methyl sites for hydroxylation is 1. The molecule has 0 aliphatic heterocycles. The topological polar surface area (TPSA) is 105 Å². The van der Waals surface area contributed by atoms with Crippen LogP contribution in [0.1, 0.15) is 86.3 Å². The highest BCUT2D eigenvalue weighted by atomic mass is 32.2. The molecule has 4 rings (SSSR count). The van der Waals surface area contributed by atoms with Crippen LogP contribution in [0.15, 0.2) is 33.7 Å². The van der Waals surface area contributed by atoms with E-state index >= 15 is 0 Å². The molecule has 0 bridgehead atoms. The maximum atomic E-state index is 13.2. The van der Waals surface area contributed by atoms with E-state index in [1.165, 1.54) is 10.4 Å². The van der Waals surface area contributed by atoms with Crippen molar-refractivity contribution in [3.8, 4) is 0 Å². The number of hydrogen-bond donors (Lipinski definition) is 1. The fourth-order valence-electron chi connectivity index (χ4n) is 4.95. The smallest absolute Gasteiger partial charge is 0.252 e. The molecule has 32 heavy (non-hydrogen) atoms. The van der Waals surface area contributed by atoms with Crippen molar-refractivity contribution in [2.45, 2.75) is 87.6 Å². The molecule has 0 radical (unpaired) electrons. The van der Waals surface area contributed by atoms with Gasteiger partial charge in [0.1, 0.15) is 5.54 Å². The first-order valence-electron chi connectivity index (χ1n) is 11.5. The monoisotopic (exact) mass is 460 g/mol. The molecule has 1 heterocycles. The van der Waals surface area contributed by atoms with E-state index in [4.69, 9.17) is 4.52 Å². The van der Waals surface area contributed by atoms with Crippen LogP contribution in [0.3, 0.4) is 0 Å². The number of benzene rings is 1. The molecule has 0 saturated heterocycles. The lowest BCUT2D eigenvalue weighted by Crippen LogP contribution is -2.48. The van der Waals surface area contributed by atoms with Gasteiger partial charge >= 0.3 is 0 Å². The summed E-state index contributed by atoms with van der Waals surface area (Å²) in [6.45, 7) is 1.73. The van der Waals surface area contributed by atoms with Crippen LogP contribution in [-0.2, 0) is 15.6 Å². The molecule has 1 aromatic carbocycles. The molecule has 2 aromatic rings. The Bertz CT molecular complexity index is 1050. The standard InChI is InChI=1S/C23H32N4O4S/c1-17-24-22(26-31-17)23(14-7-4-8-15-23)25-21(28)18-10-9-13-20(16-18)32(29,30)27(2)19-11-5-3-6-12-19/h9-10,13,16,19H,3-8,11-12,14-15H2,1-2H3,(H,25,28). The van der Waals surface area contributed by atoms with Gasteiger partial charge in [-0.3, -0.25) is 4.79 Å². The minimum absolute atomic E-state index is 0.0122. The van der Waals surface area contributed by atoms with Crippen LogP contribution in [0.5, 0.6) is 0 Å². The fourth-order valence-corrected chi connectivity index (χ4v) is 6.41. The molecule has 1 N–H and O–H groups in total. The summed E-state index contributed by atoms with van der Waals surface area (Å²) < 4.78 is 33.2. The van der Waals surface area contributed by atoms with E-state index in [9.17, 15) is 13.2 Å². The van der Waals surface area contributed by atoms with Gasteiger partial charge < -0.3 is 9.84 Å². The Hall–Kier alpha value is -2.26. The van der Waals surface area contributed by atoms with Crippen LogP contribution in [-0.4, -0.2) is 41.9 Å².